The van der Waals surface area contributed by atoms with Crippen LogP contribution in [0.2, 0.25) is 0 Å². The van der Waals surface area contributed by atoms with Gasteiger partial charge in [-0.1, -0.05) is 35.5 Å². The van der Waals surface area contributed by atoms with Crippen molar-refractivity contribution >= 4 is 12.2 Å². The van der Waals surface area contributed by atoms with E-state index in [2.05, 4.69) is 9.89 Å². The first-order valence-corrected chi connectivity index (χ1v) is 6.27. The smallest absolute Gasteiger partial charge is 0.293 e. The van der Waals surface area contributed by atoms with Crippen molar-refractivity contribution in [2.45, 2.75) is 25.6 Å². The Balaban J connectivity index is 1.60. The van der Waals surface area contributed by atoms with Crippen LogP contribution < -0.4 is 0 Å². The number of rotatable bonds is 8. The average Bonchev–Trinajstić information content (AvgIpc) is 2.88. The molecule has 0 N–H and O–H groups in total. The molecule has 0 fully saturated rings. The lowest BCUT2D eigenvalue weighted by molar-refractivity contribution is -0.128. The Morgan fingerprint density at radius 3 is 3.00 bits per heavy atom. The lowest BCUT2D eigenvalue weighted by Gasteiger charge is -2.09. The minimum atomic E-state index is -0.0325. The molecule has 0 bridgehead atoms. The summed E-state index contributed by atoms with van der Waals surface area (Å²) in [5.74, 6) is 0. The first-order valence-electron chi connectivity index (χ1n) is 6.27. The third kappa shape index (κ3) is 4.71. The molecule has 2 rings (SSSR count). The predicted molar refractivity (Wildman–Crippen MR) is 69.7 cm³/mol. The third-order valence-corrected chi connectivity index (χ3v) is 2.79. The van der Waals surface area contributed by atoms with E-state index in [1.165, 1.54) is 0 Å². The highest BCUT2D eigenvalue weighted by molar-refractivity contribution is 5.85. The molecule has 0 radical (unpaired) electrons. The van der Waals surface area contributed by atoms with E-state index < -0.39 is 0 Å². The molecule has 5 heteroatoms. The zero-order chi connectivity index (χ0) is 13.3. The quantitative estimate of drug-likeness (QED) is 0.531. The summed E-state index contributed by atoms with van der Waals surface area (Å²) in [6.07, 6.45) is 1.32. The van der Waals surface area contributed by atoms with Gasteiger partial charge in [0.15, 0.2) is 6.10 Å². The fourth-order valence-corrected chi connectivity index (χ4v) is 1.83. The van der Waals surface area contributed by atoms with E-state index in [1.54, 1.807) is 0 Å². The van der Waals surface area contributed by atoms with Crippen molar-refractivity contribution < 1.29 is 19.1 Å². The maximum atomic E-state index is 10.0. The Morgan fingerprint density at radius 1 is 1.37 bits per heavy atom. The Labute approximate surface area is 112 Å². The van der Waals surface area contributed by atoms with Crippen LogP contribution in [0.4, 0.5) is 0 Å². The Morgan fingerprint density at radius 2 is 2.21 bits per heavy atom. The van der Waals surface area contributed by atoms with Gasteiger partial charge in [0.05, 0.1) is 25.5 Å². The van der Waals surface area contributed by atoms with Crippen molar-refractivity contribution in [3.05, 3.63) is 35.9 Å². The fourth-order valence-electron chi connectivity index (χ4n) is 1.83. The molecule has 0 spiro atoms. The summed E-state index contributed by atoms with van der Waals surface area (Å²) in [6.45, 7) is 1.88. The van der Waals surface area contributed by atoms with E-state index >= 15 is 0 Å². The number of oxime groups is 1. The van der Waals surface area contributed by atoms with Crippen LogP contribution in [0.5, 0.6) is 0 Å². The van der Waals surface area contributed by atoms with Gasteiger partial charge in [-0.15, -0.1) is 0 Å². The van der Waals surface area contributed by atoms with Gasteiger partial charge >= 0.3 is 0 Å². The van der Waals surface area contributed by atoms with Crippen molar-refractivity contribution in [3.8, 4) is 0 Å². The normalized spacial score (nSPS) is 17.7. The van der Waals surface area contributed by atoms with Gasteiger partial charge in [-0.2, -0.15) is 0 Å². The minimum Gasteiger partial charge on any atom is -0.467 e. The number of ether oxygens (including phenoxy) is 2. The van der Waals surface area contributed by atoms with Gasteiger partial charge in [0, 0.05) is 12.8 Å². The number of carbonyl (C=O) groups excluding carboxylic acids is 1. The second kappa shape index (κ2) is 7.53. The van der Waals surface area contributed by atoms with Gasteiger partial charge in [0.2, 0.25) is 0 Å². The molecule has 1 atom stereocenters. The molecule has 1 unspecified atom stereocenters. The molecule has 5 nitrogen and oxygen atoms in total. The minimum absolute atomic E-state index is 0.0325. The van der Waals surface area contributed by atoms with Crippen molar-refractivity contribution in [2.75, 3.05) is 13.2 Å². The standard InChI is InChI=1S/C14H17NO4/c16-11-17-7-6-13-8-14(19-15-13)10-18-9-12-4-2-1-3-5-12/h1-5,11,14H,6-10H2. The first kappa shape index (κ1) is 13.5. The second-order valence-electron chi connectivity index (χ2n) is 4.31. The lowest BCUT2D eigenvalue weighted by atomic mass is 10.1. The molecule has 1 aliphatic heterocycles. The van der Waals surface area contributed by atoms with E-state index in [9.17, 15) is 4.79 Å². The molecule has 1 heterocycles. The Bertz CT molecular complexity index is 419. The topological polar surface area (TPSA) is 57.1 Å². The zero-order valence-corrected chi connectivity index (χ0v) is 10.7. The van der Waals surface area contributed by atoms with E-state index in [-0.39, 0.29) is 6.10 Å². The molecule has 0 amide bonds. The van der Waals surface area contributed by atoms with E-state index in [0.717, 1.165) is 17.7 Å². The number of hydrogen-bond acceptors (Lipinski definition) is 5. The molecule has 0 aliphatic carbocycles. The zero-order valence-electron chi connectivity index (χ0n) is 10.7. The maximum absolute atomic E-state index is 10.0. The number of benzene rings is 1. The summed E-state index contributed by atoms with van der Waals surface area (Å²) in [7, 11) is 0. The van der Waals surface area contributed by atoms with Gasteiger partial charge < -0.3 is 14.3 Å². The summed E-state index contributed by atoms with van der Waals surface area (Å²) >= 11 is 0. The van der Waals surface area contributed by atoms with Gasteiger partial charge in [0.1, 0.15) is 0 Å². The van der Waals surface area contributed by atoms with E-state index in [4.69, 9.17) is 9.57 Å². The molecule has 19 heavy (non-hydrogen) atoms. The van der Waals surface area contributed by atoms with Crippen LogP contribution in [0.1, 0.15) is 18.4 Å². The lowest BCUT2D eigenvalue weighted by Crippen LogP contribution is -2.16. The van der Waals surface area contributed by atoms with Gasteiger partial charge in [-0.3, -0.25) is 4.79 Å². The highest BCUT2D eigenvalue weighted by atomic mass is 16.7. The average molecular weight is 263 g/mol. The molecule has 1 aromatic rings. The molecular weight excluding hydrogens is 246 g/mol. The fraction of sp³-hybridized carbons (Fsp3) is 0.429. The number of carbonyl (C=O) groups is 1. The van der Waals surface area contributed by atoms with Crippen molar-refractivity contribution in [2.24, 2.45) is 5.16 Å². The van der Waals surface area contributed by atoms with Gasteiger partial charge in [0.25, 0.3) is 6.47 Å². The number of nitrogens with zero attached hydrogens (tertiary/aromatic N) is 1. The summed E-state index contributed by atoms with van der Waals surface area (Å²) in [4.78, 5) is 15.3. The van der Waals surface area contributed by atoms with E-state index in [1.807, 2.05) is 30.3 Å². The molecular formula is C14H17NO4. The number of hydrogen-bond donors (Lipinski definition) is 0. The monoisotopic (exact) mass is 263 g/mol. The molecule has 1 aromatic carbocycles. The molecule has 0 saturated heterocycles. The van der Waals surface area contributed by atoms with Gasteiger partial charge in [-0.25, -0.2) is 0 Å². The first-order chi connectivity index (χ1) is 9.38. The highest BCUT2D eigenvalue weighted by Crippen LogP contribution is 2.14. The van der Waals surface area contributed by atoms with Crippen LogP contribution in [0.25, 0.3) is 0 Å². The molecule has 0 saturated carbocycles. The Kier molecular flexibility index (Phi) is 5.37. The summed E-state index contributed by atoms with van der Waals surface area (Å²) in [5, 5.41) is 3.96. The predicted octanol–water partition coefficient (Wildman–Crippen LogP) is 1.91. The Hall–Kier alpha value is -1.88. The van der Waals surface area contributed by atoms with Crippen LogP contribution in [0.15, 0.2) is 35.5 Å². The SMILES string of the molecule is O=COCCC1=NOC(COCc2ccccc2)C1. The summed E-state index contributed by atoms with van der Waals surface area (Å²) in [6, 6.07) is 9.99. The van der Waals surface area contributed by atoms with E-state index in [0.29, 0.717) is 32.7 Å². The van der Waals surface area contributed by atoms with Crippen LogP contribution in [0.3, 0.4) is 0 Å². The molecule has 102 valence electrons. The maximum Gasteiger partial charge on any atom is 0.293 e. The van der Waals surface area contributed by atoms with Crippen LogP contribution in [-0.4, -0.2) is 31.5 Å². The van der Waals surface area contributed by atoms with Crippen molar-refractivity contribution in [3.63, 3.8) is 0 Å². The van der Waals surface area contributed by atoms with Crippen LogP contribution >= 0.6 is 0 Å². The summed E-state index contributed by atoms with van der Waals surface area (Å²) in [5.41, 5.74) is 2.05. The van der Waals surface area contributed by atoms with Crippen molar-refractivity contribution in [1.29, 1.82) is 0 Å². The van der Waals surface area contributed by atoms with Crippen LogP contribution in [0, 0.1) is 0 Å². The molecule has 0 aromatic heterocycles. The van der Waals surface area contributed by atoms with Crippen molar-refractivity contribution in [1.82, 2.24) is 0 Å². The largest absolute Gasteiger partial charge is 0.467 e. The molecule has 1 aliphatic rings. The highest BCUT2D eigenvalue weighted by Gasteiger charge is 2.20. The third-order valence-electron chi connectivity index (χ3n) is 2.79. The summed E-state index contributed by atoms with van der Waals surface area (Å²) < 4.78 is 10.2. The van der Waals surface area contributed by atoms with Gasteiger partial charge in [-0.05, 0) is 5.56 Å². The van der Waals surface area contributed by atoms with Crippen LogP contribution in [-0.2, 0) is 25.7 Å². The second-order valence-corrected chi connectivity index (χ2v) is 4.31.